The predicted molar refractivity (Wildman–Crippen MR) is 218 cm³/mol. The summed E-state index contributed by atoms with van der Waals surface area (Å²) >= 11 is 0. The van der Waals surface area contributed by atoms with Gasteiger partial charge < -0.3 is 26.2 Å². The molecule has 2 aliphatic heterocycles. The van der Waals surface area contributed by atoms with E-state index in [-0.39, 0.29) is 6.04 Å². The molecule has 2 aliphatic rings. The molecule has 0 amide bonds. The molecule has 1 saturated heterocycles. The standard InChI is InChI=1S/C38H48N10.C4H6/c1-6-30-20-29(21-34-26(3)43-44-37(30)34)22-36(38(39)45-48(40)23-25(2)31-12-8-7-9-13-31)41-27(4)46-18-16-33(17-19-46)47-24-32-14-10-11-15-35(32)42-28(47)5;1-3-4-2/h7-15,20-21,33,36,41-42H,2,4-6,16-19,22-24,40H2,1,3H3,(H2,39,45)(H,43,44);3-4H,1-2H2. The molecular weight excluding hydrogens is 645 g/mol. The Hall–Kier alpha value is -5.74. The number of hydrogen-bond acceptors (Lipinski definition) is 8. The summed E-state index contributed by atoms with van der Waals surface area (Å²) < 4.78 is 0. The molecular formula is C42H54N10. The summed E-state index contributed by atoms with van der Waals surface area (Å²) in [5.74, 6) is 8.56. The van der Waals surface area contributed by atoms with Crippen molar-refractivity contribution >= 4 is 28.0 Å². The Kier molecular flexibility index (Phi) is 12.6. The van der Waals surface area contributed by atoms with Gasteiger partial charge in [-0.1, -0.05) is 107 Å². The van der Waals surface area contributed by atoms with Crippen LogP contribution in [0.4, 0.5) is 5.69 Å². The fourth-order valence-corrected chi connectivity index (χ4v) is 6.82. The topological polar surface area (TPSA) is 127 Å². The Morgan fingerprint density at radius 3 is 2.46 bits per heavy atom. The van der Waals surface area contributed by atoms with Crippen molar-refractivity contribution in [1.29, 1.82) is 0 Å². The van der Waals surface area contributed by atoms with Crippen molar-refractivity contribution in [3.8, 4) is 0 Å². The van der Waals surface area contributed by atoms with Gasteiger partial charge in [0.15, 0.2) is 0 Å². The van der Waals surface area contributed by atoms with Crippen LogP contribution in [-0.4, -0.2) is 62.7 Å². The quantitative estimate of drug-likeness (QED) is 0.0340. The highest BCUT2D eigenvalue weighted by Gasteiger charge is 2.30. The molecule has 1 atom stereocenters. The molecule has 1 unspecified atom stereocenters. The zero-order valence-corrected chi connectivity index (χ0v) is 30.7. The molecule has 272 valence electrons. The van der Waals surface area contributed by atoms with Gasteiger partial charge in [0, 0.05) is 42.4 Å². The summed E-state index contributed by atoms with van der Waals surface area (Å²) in [6, 6.07) is 22.9. The van der Waals surface area contributed by atoms with Gasteiger partial charge in [-0.05, 0) is 72.6 Å². The van der Waals surface area contributed by atoms with Crippen molar-refractivity contribution in [3.63, 3.8) is 0 Å². The summed E-state index contributed by atoms with van der Waals surface area (Å²) in [4.78, 5) is 4.71. The third-order valence-electron chi connectivity index (χ3n) is 9.72. The molecule has 0 saturated carbocycles. The Morgan fingerprint density at radius 1 is 1.08 bits per heavy atom. The number of rotatable bonds is 13. The molecule has 1 fully saturated rings. The van der Waals surface area contributed by atoms with Crippen LogP contribution in [0.25, 0.3) is 16.5 Å². The van der Waals surface area contributed by atoms with Crippen molar-refractivity contribution in [2.24, 2.45) is 16.7 Å². The molecule has 0 bridgehead atoms. The normalized spacial score (nSPS) is 15.1. The molecule has 1 aromatic heterocycles. The first-order valence-electron chi connectivity index (χ1n) is 17.9. The Bertz CT molecular complexity index is 1910. The second kappa shape index (κ2) is 17.5. The maximum atomic E-state index is 6.76. The van der Waals surface area contributed by atoms with E-state index >= 15 is 0 Å². The number of para-hydroxylation sites is 1. The number of hydrazone groups is 1. The molecule has 3 aromatic carbocycles. The van der Waals surface area contributed by atoms with Crippen LogP contribution in [0.15, 0.2) is 129 Å². The first kappa shape index (κ1) is 37.5. The van der Waals surface area contributed by atoms with Crippen LogP contribution in [-0.2, 0) is 19.4 Å². The Labute approximate surface area is 308 Å². The number of amidine groups is 1. The molecule has 10 heteroatoms. The monoisotopic (exact) mass is 698 g/mol. The number of H-pyrrole nitrogens is 1. The van der Waals surface area contributed by atoms with Gasteiger partial charge in [0.25, 0.3) is 0 Å². The average Bonchev–Trinajstić information content (AvgIpc) is 3.54. The summed E-state index contributed by atoms with van der Waals surface area (Å²) in [5.41, 5.74) is 15.5. The minimum Gasteiger partial charge on any atom is -0.384 e. The summed E-state index contributed by atoms with van der Waals surface area (Å²) in [6.07, 6.45) is 6.74. The fraction of sp³-hybridized carbons (Fsp3) is 0.286. The van der Waals surface area contributed by atoms with Crippen LogP contribution in [0, 0.1) is 6.92 Å². The van der Waals surface area contributed by atoms with E-state index in [2.05, 4.69) is 119 Å². The lowest BCUT2D eigenvalue weighted by Gasteiger charge is -2.44. The van der Waals surface area contributed by atoms with Crippen molar-refractivity contribution in [2.45, 2.75) is 58.2 Å². The minimum absolute atomic E-state index is 0.340. The smallest absolute Gasteiger partial charge is 0.144 e. The van der Waals surface area contributed by atoms with Crippen LogP contribution < -0.4 is 22.2 Å². The Morgan fingerprint density at radius 2 is 1.77 bits per heavy atom. The lowest BCUT2D eigenvalue weighted by atomic mass is 9.98. The van der Waals surface area contributed by atoms with Crippen LogP contribution in [0.3, 0.4) is 0 Å². The van der Waals surface area contributed by atoms with Crippen LogP contribution >= 0.6 is 0 Å². The molecule has 6 rings (SSSR count). The summed E-state index contributed by atoms with van der Waals surface area (Å²) in [5, 5.41) is 21.9. The molecule has 3 heterocycles. The van der Waals surface area contributed by atoms with Gasteiger partial charge in [-0.25, -0.2) is 11.0 Å². The van der Waals surface area contributed by atoms with Gasteiger partial charge in [0.1, 0.15) is 5.84 Å². The SMILES string of the molecule is C=C(CN(N)/N=C(\N)C(Cc1cc(CC)c2n[nH]c(C)c2c1)NC(=C)N1CCC(N2Cc3ccccc3NC2=C)CC1)c1ccccc1.C=CC=C. The molecule has 4 aromatic rings. The number of likely N-dealkylation sites (tertiary alicyclic amines) is 1. The number of hydrazine groups is 1. The second-order valence-electron chi connectivity index (χ2n) is 13.3. The summed E-state index contributed by atoms with van der Waals surface area (Å²) in [7, 11) is 0. The van der Waals surface area contributed by atoms with Gasteiger partial charge >= 0.3 is 0 Å². The van der Waals surface area contributed by atoms with Crippen LogP contribution in [0.1, 0.15) is 47.7 Å². The van der Waals surface area contributed by atoms with Crippen molar-refractivity contribution in [2.75, 3.05) is 25.0 Å². The number of aryl methyl sites for hydroxylation is 2. The van der Waals surface area contributed by atoms with E-state index in [1.54, 1.807) is 12.2 Å². The molecule has 10 nitrogen and oxygen atoms in total. The number of nitrogens with one attached hydrogen (secondary N) is 3. The lowest BCUT2D eigenvalue weighted by molar-refractivity contribution is 0.143. The number of fused-ring (bicyclic) bond motifs is 2. The van der Waals surface area contributed by atoms with Gasteiger partial charge in [0.05, 0.1) is 29.7 Å². The van der Waals surface area contributed by atoms with E-state index in [1.165, 1.54) is 16.2 Å². The number of allylic oxidation sites excluding steroid dienone is 2. The number of benzene rings is 3. The average molecular weight is 699 g/mol. The minimum atomic E-state index is -0.344. The van der Waals surface area contributed by atoms with E-state index in [1.807, 2.05) is 30.3 Å². The zero-order chi connectivity index (χ0) is 37.2. The van der Waals surface area contributed by atoms with E-state index in [9.17, 15) is 0 Å². The lowest BCUT2D eigenvalue weighted by Crippen LogP contribution is -2.51. The number of aromatic amines is 1. The molecule has 7 N–H and O–H groups in total. The van der Waals surface area contributed by atoms with Gasteiger partial charge in [-0.15, -0.1) is 5.10 Å². The number of nitrogens with two attached hydrogens (primary N) is 2. The van der Waals surface area contributed by atoms with Gasteiger partial charge in [0.2, 0.25) is 0 Å². The van der Waals surface area contributed by atoms with Gasteiger partial charge in [-0.3, -0.25) is 5.10 Å². The largest absolute Gasteiger partial charge is 0.384 e. The van der Waals surface area contributed by atoms with Crippen molar-refractivity contribution in [1.82, 2.24) is 30.4 Å². The molecule has 0 aliphatic carbocycles. The first-order valence-corrected chi connectivity index (χ1v) is 17.9. The van der Waals surface area contributed by atoms with E-state index in [4.69, 9.17) is 11.6 Å². The van der Waals surface area contributed by atoms with E-state index in [0.717, 1.165) is 89.5 Å². The highest BCUT2D eigenvalue weighted by molar-refractivity contribution is 5.88. The number of piperidine rings is 1. The maximum absolute atomic E-state index is 6.76. The predicted octanol–water partition coefficient (Wildman–Crippen LogP) is 6.79. The first-order chi connectivity index (χ1) is 25.1. The molecule has 0 spiro atoms. The van der Waals surface area contributed by atoms with Crippen LogP contribution in [0.5, 0.6) is 0 Å². The highest BCUT2D eigenvalue weighted by atomic mass is 15.6. The highest BCUT2D eigenvalue weighted by Crippen LogP contribution is 2.31. The Balaban J connectivity index is 0.00000124. The zero-order valence-electron chi connectivity index (χ0n) is 30.7. The summed E-state index contributed by atoms with van der Waals surface area (Å²) in [6.45, 7) is 26.9. The fourth-order valence-electron chi connectivity index (χ4n) is 6.82. The molecule has 0 radical (unpaired) electrons. The van der Waals surface area contributed by atoms with E-state index in [0.29, 0.717) is 24.8 Å². The number of aromatic nitrogens is 2. The third kappa shape index (κ3) is 9.13. The number of nitrogens with zero attached hydrogens (tertiary/aromatic N) is 5. The number of anilines is 1. The van der Waals surface area contributed by atoms with Gasteiger partial charge in [-0.2, -0.15) is 5.10 Å². The third-order valence-corrected chi connectivity index (χ3v) is 9.72. The second-order valence-corrected chi connectivity index (χ2v) is 13.3. The van der Waals surface area contributed by atoms with Crippen molar-refractivity contribution < 1.29 is 0 Å². The molecule has 52 heavy (non-hydrogen) atoms. The van der Waals surface area contributed by atoms with Crippen LogP contribution in [0.2, 0.25) is 0 Å². The maximum Gasteiger partial charge on any atom is 0.144 e. The number of hydrogen-bond donors (Lipinski definition) is 5. The van der Waals surface area contributed by atoms with Crippen molar-refractivity contribution in [3.05, 3.63) is 151 Å². The van der Waals surface area contributed by atoms with E-state index < -0.39 is 0 Å².